The summed E-state index contributed by atoms with van der Waals surface area (Å²) in [5, 5.41) is 8.65. The van der Waals surface area contributed by atoms with E-state index in [-0.39, 0.29) is 5.91 Å². The first-order chi connectivity index (χ1) is 8.56. The quantitative estimate of drug-likeness (QED) is 0.800. The lowest BCUT2D eigenvalue weighted by Gasteiger charge is -2.23. The number of aryl methyl sites for hydroxylation is 1. The molecule has 0 saturated carbocycles. The van der Waals surface area contributed by atoms with Crippen LogP contribution < -0.4 is 0 Å². The lowest BCUT2D eigenvalue weighted by atomic mass is 10.1. The van der Waals surface area contributed by atoms with E-state index >= 15 is 0 Å². The summed E-state index contributed by atoms with van der Waals surface area (Å²) < 4.78 is 0. The van der Waals surface area contributed by atoms with E-state index in [1.54, 1.807) is 11.1 Å². The number of amides is 1. The van der Waals surface area contributed by atoms with Gasteiger partial charge in [-0.2, -0.15) is 5.26 Å². The molecule has 1 heterocycles. The first kappa shape index (κ1) is 14.2. The van der Waals surface area contributed by atoms with E-state index in [1.807, 2.05) is 19.1 Å². The summed E-state index contributed by atoms with van der Waals surface area (Å²) in [5.41, 5.74) is 1.35. The van der Waals surface area contributed by atoms with Crippen LogP contribution in [0.2, 0.25) is 0 Å². The molecule has 0 aromatic carbocycles. The number of pyridine rings is 1. The molecule has 96 valence electrons. The van der Waals surface area contributed by atoms with Gasteiger partial charge in [-0.25, -0.2) is 0 Å². The molecule has 0 fully saturated rings. The van der Waals surface area contributed by atoms with Crippen molar-refractivity contribution < 1.29 is 4.79 Å². The lowest BCUT2D eigenvalue weighted by molar-refractivity contribution is 0.0733. The summed E-state index contributed by atoms with van der Waals surface area (Å²) >= 11 is 0. The minimum Gasteiger partial charge on any atom is -0.336 e. The van der Waals surface area contributed by atoms with E-state index in [0.29, 0.717) is 31.1 Å². The van der Waals surface area contributed by atoms with Gasteiger partial charge in [-0.1, -0.05) is 19.9 Å². The van der Waals surface area contributed by atoms with Crippen molar-refractivity contribution in [3.8, 4) is 6.07 Å². The maximum Gasteiger partial charge on any atom is 0.272 e. The second-order valence-electron chi connectivity index (χ2n) is 4.72. The fraction of sp³-hybridized carbons (Fsp3) is 0.500. The molecule has 0 atom stereocenters. The minimum atomic E-state index is -0.0861. The molecule has 4 nitrogen and oxygen atoms in total. The normalized spacial score (nSPS) is 10.2. The number of aromatic nitrogens is 1. The molecule has 18 heavy (non-hydrogen) atoms. The number of carbonyl (C=O) groups excluding carboxylic acids is 1. The van der Waals surface area contributed by atoms with Crippen LogP contribution in [0.4, 0.5) is 0 Å². The molecule has 0 aliphatic carbocycles. The van der Waals surface area contributed by atoms with Crippen LogP contribution in [0.3, 0.4) is 0 Å². The Morgan fingerprint density at radius 1 is 1.56 bits per heavy atom. The fourth-order valence-corrected chi connectivity index (χ4v) is 1.76. The molecular weight excluding hydrogens is 226 g/mol. The highest BCUT2D eigenvalue weighted by Gasteiger charge is 2.19. The molecule has 0 aliphatic heterocycles. The Hall–Kier alpha value is -1.89. The molecule has 0 N–H and O–H groups in total. The second-order valence-corrected chi connectivity index (χ2v) is 4.72. The van der Waals surface area contributed by atoms with Gasteiger partial charge in [0.1, 0.15) is 5.69 Å². The molecule has 0 radical (unpaired) electrons. The molecule has 1 aromatic rings. The zero-order chi connectivity index (χ0) is 13.5. The molecule has 0 saturated heterocycles. The molecule has 0 bridgehead atoms. The molecule has 4 heteroatoms. The van der Waals surface area contributed by atoms with Crippen molar-refractivity contribution >= 4 is 5.91 Å². The third kappa shape index (κ3) is 3.85. The topological polar surface area (TPSA) is 57.0 Å². The summed E-state index contributed by atoms with van der Waals surface area (Å²) in [6.07, 6.45) is 1.97. The standard InChI is InChI=1S/C14H19N3O/c1-11(2)10-17(9-5-7-15)14(18)13-12(3)6-4-8-16-13/h4,6,8,11H,5,9-10H2,1-3H3. The third-order valence-electron chi connectivity index (χ3n) is 2.58. The van der Waals surface area contributed by atoms with Crippen LogP contribution >= 0.6 is 0 Å². The number of hydrogen-bond donors (Lipinski definition) is 0. The first-order valence-corrected chi connectivity index (χ1v) is 6.14. The zero-order valence-corrected chi connectivity index (χ0v) is 11.2. The van der Waals surface area contributed by atoms with Gasteiger partial charge in [0, 0.05) is 19.3 Å². The van der Waals surface area contributed by atoms with Crippen molar-refractivity contribution in [3.05, 3.63) is 29.6 Å². The van der Waals surface area contributed by atoms with E-state index < -0.39 is 0 Å². The monoisotopic (exact) mass is 245 g/mol. The van der Waals surface area contributed by atoms with Crippen molar-refractivity contribution in [2.24, 2.45) is 5.92 Å². The predicted molar refractivity (Wildman–Crippen MR) is 69.9 cm³/mol. The van der Waals surface area contributed by atoms with E-state index in [1.165, 1.54) is 0 Å². The summed E-state index contributed by atoms with van der Waals surface area (Å²) in [6, 6.07) is 5.76. The van der Waals surface area contributed by atoms with Gasteiger partial charge in [0.2, 0.25) is 0 Å². The van der Waals surface area contributed by atoms with Crippen LogP contribution in [-0.2, 0) is 0 Å². The first-order valence-electron chi connectivity index (χ1n) is 6.14. The second kappa shape index (κ2) is 6.75. The summed E-state index contributed by atoms with van der Waals surface area (Å²) in [5.74, 6) is 0.286. The molecule has 1 aromatic heterocycles. The number of nitrogens with zero attached hydrogens (tertiary/aromatic N) is 3. The van der Waals surface area contributed by atoms with Crippen molar-refractivity contribution in [3.63, 3.8) is 0 Å². The van der Waals surface area contributed by atoms with Crippen LogP contribution in [0.5, 0.6) is 0 Å². The number of nitriles is 1. The fourth-order valence-electron chi connectivity index (χ4n) is 1.76. The Kier molecular flexibility index (Phi) is 5.31. The van der Waals surface area contributed by atoms with Crippen molar-refractivity contribution in [2.45, 2.75) is 27.2 Å². The average Bonchev–Trinajstić information content (AvgIpc) is 2.34. The summed E-state index contributed by atoms with van der Waals surface area (Å²) in [6.45, 7) is 7.09. The highest BCUT2D eigenvalue weighted by molar-refractivity contribution is 5.93. The van der Waals surface area contributed by atoms with Crippen molar-refractivity contribution in [1.29, 1.82) is 5.26 Å². The van der Waals surface area contributed by atoms with Crippen LogP contribution in [-0.4, -0.2) is 28.9 Å². The van der Waals surface area contributed by atoms with Crippen molar-refractivity contribution in [1.82, 2.24) is 9.88 Å². The Balaban J connectivity index is 2.88. The van der Waals surface area contributed by atoms with Crippen LogP contribution in [0, 0.1) is 24.2 Å². The Morgan fingerprint density at radius 2 is 2.28 bits per heavy atom. The van der Waals surface area contributed by atoms with Gasteiger partial charge >= 0.3 is 0 Å². The Bertz CT molecular complexity index is 449. The smallest absolute Gasteiger partial charge is 0.272 e. The highest BCUT2D eigenvalue weighted by Crippen LogP contribution is 2.10. The van der Waals surface area contributed by atoms with Gasteiger partial charge in [-0.05, 0) is 24.5 Å². The zero-order valence-electron chi connectivity index (χ0n) is 11.2. The molecule has 0 aliphatic rings. The largest absolute Gasteiger partial charge is 0.336 e. The van der Waals surface area contributed by atoms with Crippen LogP contribution in [0.15, 0.2) is 18.3 Å². The third-order valence-corrected chi connectivity index (χ3v) is 2.58. The van der Waals surface area contributed by atoms with E-state index in [9.17, 15) is 4.79 Å². The molecular formula is C14H19N3O. The van der Waals surface area contributed by atoms with Gasteiger partial charge in [0.25, 0.3) is 5.91 Å². The van der Waals surface area contributed by atoms with Crippen molar-refractivity contribution in [2.75, 3.05) is 13.1 Å². The molecule has 0 spiro atoms. The van der Waals surface area contributed by atoms with E-state index in [4.69, 9.17) is 5.26 Å². The van der Waals surface area contributed by atoms with E-state index in [0.717, 1.165) is 5.56 Å². The van der Waals surface area contributed by atoms with Gasteiger partial charge in [0.15, 0.2) is 0 Å². The van der Waals surface area contributed by atoms with Gasteiger partial charge in [-0.15, -0.1) is 0 Å². The van der Waals surface area contributed by atoms with E-state index in [2.05, 4.69) is 24.9 Å². The number of hydrogen-bond acceptors (Lipinski definition) is 3. The van der Waals surface area contributed by atoms with Gasteiger partial charge < -0.3 is 4.90 Å². The molecule has 0 unspecified atom stereocenters. The highest BCUT2D eigenvalue weighted by atomic mass is 16.2. The SMILES string of the molecule is Cc1cccnc1C(=O)N(CCC#N)CC(C)C. The predicted octanol–water partition coefficient (Wildman–Crippen LogP) is 2.40. The molecule has 1 rings (SSSR count). The van der Waals surface area contributed by atoms with Crippen LogP contribution in [0.25, 0.3) is 0 Å². The van der Waals surface area contributed by atoms with Crippen LogP contribution in [0.1, 0.15) is 36.3 Å². The van der Waals surface area contributed by atoms with Gasteiger partial charge in [0.05, 0.1) is 12.5 Å². The summed E-state index contributed by atoms with van der Waals surface area (Å²) in [7, 11) is 0. The maximum atomic E-state index is 12.4. The number of rotatable bonds is 5. The lowest BCUT2D eigenvalue weighted by Crippen LogP contribution is -2.35. The molecule has 1 amide bonds. The van der Waals surface area contributed by atoms with Gasteiger partial charge in [-0.3, -0.25) is 9.78 Å². The summed E-state index contributed by atoms with van der Waals surface area (Å²) in [4.78, 5) is 18.2. The minimum absolute atomic E-state index is 0.0861. The maximum absolute atomic E-state index is 12.4. The Labute approximate surface area is 108 Å². The Morgan fingerprint density at radius 3 is 2.83 bits per heavy atom. The average molecular weight is 245 g/mol. The number of carbonyl (C=O) groups is 1.